The van der Waals surface area contributed by atoms with Crippen LogP contribution in [0.4, 0.5) is 0 Å². The van der Waals surface area contributed by atoms with Crippen molar-refractivity contribution in [2.24, 2.45) is 17.3 Å². The van der Waals surface area contributed by atoms with Gasteiger partial charge in [-0.3, -0.25) is 4.79 Å². The Bertz CT molecular complexity index is 878. The summed E-state index contributed by atoms with van der Waals surface area (Å²) in [7, 11) is -3.66. The van der Waals surface area contributed by atoms with Crippen LogP contribution in [0.3, 0.4) is 0 Å². The highest BCUT2D eigenvalue weighted by Crippen LogP contribution is 2.59. The van der Waals surface area contributed by atoms with E-state index in [4.69, 9.17) is 4.18 Å². The second-order valence-corrected chi connectivity index (χ2v) is 9.71. The lowest BCUT2D eigenvalue weighted by Crippen LogP contribution is -2.42. The first kappa shape index (κ1) is 15.8. The molecule has 1 heterocycles. The fourth-order valence-corrected chi connectivity index (χ4v) is 6.73. The molecule has 5 rings (SSSR count). The van der Waals surface area contributed by atoms with Crippen molar-refractivity contribution < 1.29 is 17.4 Å². The number of benzene rings is 1. The molecule has 4 unspecified atom stereocenters. The molecule has 134 valence electrons. The number of rotatable bonds is 0. The maximum absolute atomic E-state index is 12.4. The second kappa shape index (κ2) is 5.07. The summed E-state index contributed by atoms with van der Waals surface area (Å²) in [5.74, 6) is 2.54. The average molecular weight is 361 g/mol. The molecule has 5 nitrogen and oxygen atoms in total. The third kappa shape index (κ3) is 2.23. The lowest BCUT2D eigenvalue weighted by atomic mass is 9.55. The van der Waals surface area contributed by atoms with E-state index in [9.17, 15) is 13.2 Å². The van der Waals surface area contributed by atoms with Gasteiger partial charge in [0, 0.05) is 23.9 Å². The van der Waals surface area contributed by atoms with Gasteiger partial charge in [0.15, 0.2) is 0 Å². The van der Waals surface area contributed by atoms with Crippen LogP contribution in [0.15, 0.2) is 12.1 Å². The Labute approximate surface area is 148 Å². The average Bonchev–Trinajstić information content (AvgIpc) is 2.87. The molecule has 0 bridgehead atoms. The van der Waals surface area contributed by atoms with Crippen molar-refractivity contribution in [3.05, 3.63) is 28.8 Å². The SMILES string of the molecule is CC12CCC3c4cc5c(cc4CCC3C1CCC2=O)OS(=O)(=O)NC5. The Hall–Kier alpha value is -1.40. The van der Waals surface area contributed by atoms with E-state index in [1.54, 1.807) is 0 Å². The molecule has 0 amide bonds. The predicted octanol–water partition coefficient (Wildman–Crippen LogP) is 2.84. The number of aryl methyl sites for hydroxylation is 1. The lowest BCUT2D eigenvalue weighted by Gasteiger charge is -2.48. The van der Waals surface area contributed by atoms with Gasteiger partial charge in [-0.1, -0.05) is 13.0 Å². The first-order chi connectivity index (χ1) is 11.9. The molecule has 3 aliphatic carbocycles. The van der Waals surface area contributed by atoms with Gasteiger partial charge in [0.2, 0.25) is 0 Å². The number of nitrogens with one attached hydrogen (secondary N) is 1. The Balaban J connectivity index is 1.54. The third-order valence-electron chi connectivity index (χ3n) is 7.25. The molecule has 1 aliphatic heterocycles. The molecular weight excluding hydrogens is 338 g/mol. The molecule has 2 fully saturated rings. The molecule has 6 heteroatoms. The zero-order valence-corrected chi connectivity index (χ0v) is 15.2. The minimum Gasteiger partial charge on any atom is -0.371 e. The predicted molar refractivity (Wildman–Crippen MR) is 92.5 cm³/mol. The Morgan fingerprint density at radius 3 is 2.84 bits per heavy atom. The number of carbonyl (C=O) groups is 1. The van der Waals surface area contributed by atoms with Gasteiger partial charge in [-0.15, -0.1) is 0 Å². The van der Waals surface area contributed by atoms with E-state index in [0.29, 0.717) is 35.8 Å². The molecule has 0 radical (unpaired) electrons. The van der Waals surface area contributed by atoms with Gasteiger partial charge in [0.25, 0.3) is 0 Å². The molecule has 2 saturated carbocycles. The Morgan fingerprint density at radius 2 is 2.00 bits per heavy atom. The number of Topliss-reactive ketones (excluding diaryl/α,β-unsaturated/α-hetero) is 1. The number of hydrogen-bond donors (Lipinski definition) is 1. The molecular formula is C19H23NO4S. The van der Waals surface area contributed by atoms with E-state index in [1.807, 2.05) is 6.07 Å². The zero-order chi connectivity index (χ0) is 17.4. The van der Waals surface area contributed by atoms with Crippen molar-refractivity contribution in [2.75, 3.05) is 0 Å². The van der Waals surface area contributed by atoms with Crippen LogP contribution in [-0.2, 0) is 28.1 Å². The van der Waals surface area contributed by atoms with Crippen LogP contribution in [0.5, 0.6) is 5.75 Å². The fourth-order valence-electron chi connectivity index (χ4n) is 5.95. The molecule has 4 aliphatic rings. The van der Waals surface area contributed by atoms with Crippen molar-refractivity contribution in [1.29, 1.82) is 0 Å². The molecule has 0 spiro atoms. The summed E-state index contributed by atoms with van der Waals surface area (Å²) in [5, 5.41) is 0. The van der Waals surface area contributed by atoms with Crippen molar-refractivity contribution >= 4 is 16.1 Å². The molecule has 1 N–H and O–H groups in total. The van der Waals surface area contributed by atoms with Crippen LogP contribution in [-0.4, -0.2) is 14.2 Å². The number of hydrogen-bond acceptors (Lipinski definition) is 4. The van der Waals surface area contributed by atoms with Crippen LogP contribution >= 0.6 is 0 Å². The summed E-state index contributed by atoms with van der Waals surface area (Å²) < 4.78 is 30.9. The minimum absolute atomic E-state index is 0.106. The van der Waals surface area contributed by atoms with Crippen molar-refractivity contribution in [3.63, 3.8) is 0 Å². The standard InChI is InChI=1S/C19H23NO4S/c1-19-7-6-13-14(16(19)4-5-18(19)21)3-2-11-9-17-12(8-15(11)13)10-20-25(22,23)24-17/h8-9,13-14,16,20H,2-7,10H2,1H3. The van der Waals surface area contributed by atoms with Crippen molar-refractivity contribution in [3.8, 4) is 5.75 Å². The van der Waals surface area contributed by atoms with E-state index >= 15 is 0 Å². The van der Waals surface area contributed by atoms with E-state index in [1.165, 1.54) is 11.1 Å². The van der Waals surface area contributed by atoms with Gasteiger partial charge in [-0.2, -0.15) is 13.1 Å². The summed E-state index contributed by atoms with van der Waals surface area (Å²) in [5.41, 5.74) is 3.40. The topological polar surface area (TPSA) is 72.5 Å². The van der Waals surface area contributed by atoms with Gasteiger partial charge in [-0.05, 0) is 67.1 Å². The summed E-state index contributed by atoms with van der Waals surface area (Å²) in [6, 6.07) is 4.09. The maximum Gasteiger partial charge on any atom is 0.382 e. The Morgan fingerprint density at radius 1 is 1.16 bits per heavy atom. The van der Waals surface area contributed by atoms with Gasteiger partial charge in [0.05, 0.1) is 0 Å². The zero-order valence-electron chi connectivity index (χ0n) is 14.4. The van der Waals surface area contributed by atoms with Crippen LogP contribution in [0.2, 0.25) is 0 Å². The summed E-state index contributed by atoms with van der Waals surface area (Å²) >= 11 is 0. The van der Waals surface area contributed by atoms with Crippen LogP contribution in [0.1, 0.15) is 61.6 Å². The van der Waals surface area contributed by atoms with Crippen LogP contribution in [0, 0.1) is 17.3 Å². The first-order valence-corrected chi connectivity index (χ1v) is 10.7. The monoisotopic (exact) mass is 361 g/mol. The molecule has 1 aromatic rings. The third-order valence-corrected chi connectivity index (χ3v) is 8.15. The molecule has 1 aromatic carbocycles. The van der Waals surface area contributed by atoms with Crippen LogP contribution < -0.4 is 8.91 Å². The molecule has 4 atom stereocenters. The van der Waals surface area contributed by atoms with E-state index in [-0.39, 0.29) is 5.41 Å². The highest BCUT2D eigenvalue weighted by molar-refractivity contribution is 7.85. The maximum atomic E-state index is 12.4. The van der Waals surface area contributed by atoms with E-state index < -0.39 is 10.3 Å². The normalized spacial score (nSPS) is 38.1. The highest BCUT2D eigenvalue weighted by atomic mass is 32.2. The first-order valence-electron chi connectivity index (χ1n) is 9.25. The fraction of sp³-hybridized carbons (Fsp3) is 0.632. The van der Waals surface area contributed by atoms with Crippen molar-refractivity contribution in [2.45, 2.75) is 57.9 Å². The molecule has 0 saturated heterocycles. The lowest BCUT2D eigenvalue weighted by molar-refractivity contribution is -0.129. The second-order valence-electron chi connectivity index (χ2n) is 8.35. The molecule has 25 heavy (non-hydrogen) atoms. The Kier molecular flexibility index (Phi) is 3.21. The summed E-state index contributed by atoms with van der Waals surface area (Å²) in [4.78, 5) is 12.4. The van der Waals surface area contributed by atoms with Crippen molar-refractivity contribution in [1.82, 2.24) is 4.72 Å². The summed E-state index contributed by atoms with van der Waals surface area (Å²) in [6.07, 6.45) is 5.87. The smallest absolute Gasteiger partial charge is 0.371 e. The number of carbonyl (C=O) groups excluding carboxylic acids is 1. The van der Waals surface area contributed by atoms with E-state index in [0.717, 1.165) is 44.1 Å². The van der Waals surface area contributed by atoms with Gasteiger partial charge >= 0.3 is 10.3 Å². The number of ketones is 1. The summed E-state index contributed by atoms with van der Waals surface area (Å²) in [6.45, 7) is 2.48. The van der Waals surface area contributed by atoms with E-state index in [2.05, 4.69) is 17.7 Å². The van der Waals surface area contributed by atoms with Gasteiger partial charge in [-0.25, -0.2) is 0 Å². The number of fused-ring (bicyclic) bond motifs is 6. The largest absolute Gasteiger partial charge is 0.382 e. The highest BCUT2D eigenvalue weighted by Gasteiger charge is 2.54. The van der Waals surface area contributed by atoms with Crippen LogP contribution in [0.25, 0.3) is 0 Å². The quantitative estimate of drug-likeness (QED) is 0.771. The molecule has 0 aromatic heterocycles. The van der Waals surface area contributed by atoms with Gasteiger partial charge in [0.1, 0.15) is 11.5 Å². The van der Waals surface area contributed by atoms with Gasteiger partial charge < -0.3 is 4.18 Å². The minimum atomic E-state index is -3.66.